The number of nitrogens with two attached hydrogens (primary N) is 2. The van der Waals surface area contributed by atoms with Crippen molar-refractivity contribution in [2.45, 2.75) is 25.0 Å². The SMILES string of the molecule is CN/C(=C/[N+](=O)[O-])NCCSCc1ccc(CN(C)C)o1.CN=C(NC#N)NCCSCc1nc[nH]c1C.NN. The number of hydrogen-bond acceptors (Lipinski definition) is 13. The van der Waals surface area contributed by atoms with E-state index in [1.54, 1.807) is 43.9 Å². The Hall–Kier alpha value is -3.43. The summed E-state index contributed by atoms with van der Waals surface area (Å²) in [7, 11) is 7.28. The molecule has 40 heavy (non-hydrogen) atoms. The lowest BCUT2D eigenvalue weighted by Crippen LogP contribution is -2.35. The molecular weight excluding hydrogens is 556 g/mol. The van der Waals surface area contributed by atoms with E-state index >= 15 is 0 Å². The molecule has 9 N–H and O–H groups in total. The highest BCUT2D eigenvalue weighted by molar-refractivity contribution is 7.98. The molecule has 2 heterocycles. The number of aryl methyl sites for hydroxylation is 1. The Bertz CT molecular complexity index is 1050. The molecule has 0 aliphatic rings. The summed E-state index contributed by atoms with van der Waals surface area (Å²) < 4.78 is 5.70. The van der Waals surface area contributed by atoms with Crippen LogP contribution in [0.5, 0.6) is 0 Å². The van der Waals surface area contributed by atoms with Crippen molar-refractivity contribution in [3.63, 3.8) is 0 Å². The highest BCUT2D eigenvalue weighted by Gasteiger charge is 2.04. The highest BCUT2D eigenvalue weighted by atomic mass is 32.2. The summed E-state index contributed by atoms with van der Waals surface area (Å²) in [6.07, 6.45) is 4.46. The molecule has 0 aliphatic heterocycles. The van der Waals surface area contributed by atoms with Crippen molar-refractivity contribution < 1.29 is 9.34 Å². The maximum Gasteiger partial charge on any atom is 0.274 e. The standard InChI is InChI=1S/C13H22N4O3S.C10H16N6S.H4N2/c1-14-13(9-17(18)19)15-6-7-21-10-12-5-4-11(20-12)8-16(2)3;1-8-9(16-7-15-8)5-17-4-3-13-10(12-2)14-6-11;1-2/h4-5,9,14-15H,6-8,10H2,1-3H3;7H,3-5H2,1-2H3,(H,15,16)(H2,12,13,14);1-2H2/b13-9-;;. The third kappa shape index (κ3) is 18.0. The van der Waals surface area contributed by atoms with E-state index in [4.69, 9.17) is 9.68 Å². The maximum atomic E-state index is 10.3. The minimum absolute atomic E-state index is 0.409. The van der Waals surface area contributed by atoms with E-state index < -0.39 is 4.92 Å². The van der Waals surface area contributed by atoms with E-state index in [0.717, 1.165) is 65.2 Å². The number of furan rings is 1. The summed E-state index contributed by atoms with van der Waals surface area (Å²) in [5.41, 5.74) is 2.21. The fraction of sp³-hybridized carbons (Fsp3) is 0.522. The summed E-state index contributed by atoms with van der Waals surface area (Å²) in [4.78, 5) is 23.1. The minimum Gasteiger partial charge on any atom is -0.464 e. The Labute approximate surface area is 244 Å². The molecule has 0 spiro atoms. The third-order valence-corrected chi connectivity index (χ3v) is 6.56. The zero-order chi connectivity index (χ0) is 30.2. The molecule has 0 atom stereocenters. The highest BCUT2D eigenvalue weighted by Crippen LogP contribution is 2.16. The van der Waals surface area contributed by atoms with Crippen LogP contribution in [0, 0.1) is 28.5 Å². The lowest BCUT2D eigenvalue weighted by molar-refractivity contribution is -0.404. The number of nitriles is 1. The van der Waals surface area contributed by atoms with Crippen LogP contribution < -0.4 is 33.0 Å². The van der Waals surface area contributed by atoms with Gasteiger partial charge in [0.05, 0.1) is 29.2 Å². The number of hydrazine groups is 1. The number of nitro groups is 1. The average Bonchev–Trinajstić information content (AvgIpc) is 3.55. The number of nitrogens with one attached hydrogen (secondary N) is 5. The van der Waals surface area contributed by atoms with Gasteiger partial charge in [0.1, 0.15) is 11.5 Å². The lowest BCUT2D eigenvalue weighted by atomic mass is 10.4. The van der Waals surface area contributed by atoms with Crippen LogP contribution in [-0.2, 0) is 18.1 Å². The maximum absolute atomic E-state index is 10.3. The topological polar surface area (TPSA) is 225 Å². The van der Waals surface area contributed by atoms with Crippen LogP contribution in [0.4, 0.5) is 0 Å². The second-order valence-electron chi connectivity index (χ2n) is 7.93. The molecule has 15 nitrogen and oxygen atoms in total. The van der Waals surface area contributed by atoms with Gasteiger partial charge in [-0.15, -0.1) is 0 Å². The van der Waals surface area contributed by atoms with Crippen LogP contribution in [0.2, 0.25) is 0 Å². The summed E-state index contributed by atoms with van der Waals surface area (Å²) in [6.45, 7) is 4.22. The lowest BCUT2D eigenvalue weighted by Gasteiger charge is -2.07. The van der Waals surface area contributed by atoms with Crippen molar-refractivity contribution in [3.05, 3.63) is 63.5 Å². The zero-order valence-electron chi connectivity index (χ0n) is 23.7. The number of aliphatic imine (C=N–C) groups is 1. The Kier molecular flexibility index (Phi) is 21.4. The molecular formula is C23H42N12O3S2. The van der Waals surface area contributed by atoms with Gasteiger partial charge in [0.25, 0.3) is 6.20 Å². The van der Waals surface area contributed by atoms with Crippen molar-refractivity contribution in [2.75, 3.05) is 52.8 Å². The van der Waals surface area contributed by atoms with Crippen molar-refractivity contribution in [1.82, 2.24) is 36.1 Å². The normalized spacial score (nSPS) is 11.0. The third-order valence-electron chi connectivity index (χ3n) is 4.61. The smallest absolute Gasteiger partial charge is 0.274 e. The van der Waals surface area contributed by atoms with Gasteiger partial charge in [-0.1, -0.05) is 0 Å². The van der Waals surface area contributed by atoms with E-state index in [-0.39, 0.29) is 0 Å². The van der Waals surface area contributed by atoms with Crippen LogP contribution in [-0.4, -0.2) is 78.5 Å². The minimum atomic E-state index is -0.485. The molecule has 0 saturated carbocycles. The molecule has 0 fully saturated rings. The largest absolute Gasteiger partial charge is 0.464 e. The summed E-state index contributed by atoms with van der Waals surface area (Å²) in [6, 6.07) is 3.98. The quantitative estimate of drug-likeness (QED) is 0.0221. The van der Waals surface area contributed by atoms with Crippen molar-refractivity contribution in [2.24, 2.45) is 16.7 Å². The van der Waals surface area contributed by atoms with Gasteiger partial charge >= 0.3 is 0 Å². The van der Waals surface area contributed by atoms with E-state index in [1.807, 2.05) is 39.3 Å². The molecule has 0 unspecified atom stereocenters. The van der Waals surface area contributed by atoms with Gasteiger partial charge in [0.2, 0.25) is 5.96 Å². The summed E-state index contributed by atoms with van der Waals surface area (Å²) >= 11 is 3.50. The molecule has 0 bridgehead atoms. The Morgan fingerprint density at radius 3 is 2.45 bits per heavy atom. The Morgan fingerprint density at radius 1 is 1.25 bits per heavy atom. The number of imidazole rings is 1. The summed E-state index contributed by atoms with van der Waals surface area (Å²) in [5, 5.41) is 30.0. The van der Waals surface area contributed by atoms with Crippen molar-refractivity contribution >= 4 is 29.5 Å². The van der Waals surface area contributed by atoms with Gasteiger partial charge < -0.3 is 30.3 Å². The second-order valence-corrected chi connectivity index (χ2v) is 10.1. The van der Waals surface area contributed by atoms with Crippen LogP contribution in [0.1, 0.15) is 22.9 Å². The van der Waals surface area contributed by atoms with Gasteiger partial charge in [-0.3, -0.25) is 32.1 Å². The van der Waals surface area contributed by atoms with Crippen LogP contribution in [0.25, 0.3) is 0 Å². The van der Waals surface area contributed by atoms with E-state index in [9.17, 15) is 10.1 Å². The molecule has 0 saturated heterocycles. The Morgan fingerprint density at radius 2 is 1.90 bits per heavy atom. The average molecular weight is 599 g/mol. The van der Waals surface area contributed by atoms with Crippen LogP contribution >= 0.6 is 23.5 Å². The predicted molar refractivity (Wildman–Crippen MR) is 162 cm³/mol. The van der Waals surface area contributed by atoms with Crippen molar-refractivity contribution in [1.29, 1.82) is 5.26 Å². The first-order chi connectivity index (χ1) is 19.3. The first kappa shape index (κ1) is 36.6. The number of H-pyrrole nitrogens is 1. The number of rotatable bonds is 15. The number of nitrogens with zero attached hydrogens (tertiary/aromatic N) is 5. The number of aromatic amines is 1. The molecule has 2 aromatic heterocycles. The molecule has 0 amide bonds. The van der Waals surface area contributed by atoms with Crippen LogP contribution in [0.15, 0.2) is 39.9 Å². The van der Waals surface area contributed by atoms with Gasteiger partial charge in [-0.2, -0.15) is 28.8 Å². The van der Waals surface area contributed by atoms with E-state index in [2.05, 4.69) is 52.8 Å². The van der Waals surface area contributed by atoms with Gasteiger partial charge in [0, 0.05) is 50.1 Å². The van der Waals surface area contributed by atoms with Gasteiger partial charge in [-0.25, -0.2) is 4.98 Å². The Balaban J connectivity index is 0.000000730. The number of hydrogen-bond donors (Lipinski definition) is 7. The fourth-order valence-corrected chi connectivity index (χ4v) is 4.43. The van der Waals surface area contributed by atoms with Crippen molar-refractivity contribution in [3.8, 4) is 6.19 Å². The van der Waals surface area contributed by atoms with Crippen LogP contribution in [0.3, 0.4) is 0 Å². The van der Waals surface area contributed by atoms with E-state index in [1.165, 1.54) is 0 Å². The number of guanidine groups is 1. The number of thioether (sulfide) groups is 2. The first-order valence-electron chi connectivity index (χ1n) is 12.1. The first-order valence-corrected chi connectivity index (χ1v) is 14.4. The second kappa shape index (κ2) is 23.5. The molecule has 2 rings (SSSR count). The molecule has 2 aromatic rings. The summed E-state index contributed by atoms with van der Waals surface area (Å²) in [5.74, 6) is 14.3. The molecule has 17 heteroatoms. The molecule has 0 radical (unpaired) electrons. The molecule has 0 aliphatic carbocycles. The monoisotopic (exact) mass is 598 g/mol. The van der Waals surface area contributed by atoms with E-state index in [0.29, 0.717) is 18.3 Å². The fourth-order valence-electron chi connectivity index (χ4n) is 2.81. The number of aromatic nitrogens is 2. The van der Waals surface area contributed by atoms with Gasteiger partial charge in [-0.05, 0) is 33.2 Å². The van der Waals surface area contributed by atoms with Gasteiger partial charge in [0.15, 0.2) is 12.0 Å². The molecule has 224 valence electrons. The zero-order valence-corrected chi connectivity index (χ0v) is 25.3. The molecule has 0 aromatic carbocycles. The predicted octanol–water partition coefficient (Wildman–Crippen LogP) is 0.875.